The van der Waals surface area contributed by atoms with E-state index in [4.69, 9.17) is 16.3 Å². The van der Waals surface area contributed by atoms with E-state index in [1.807, 2.05) is 0 Å². The van der Waals surface area contributed by atoms with E-state index in [-0.39, 0.29) is 0 Å². The predicted octanol–water partition coefficient (Wildman–Crippen LogP) is 2.61. The molecule has 6 heteroatoms. The lowest BCUT2D eigenvalue weighted by Crippen LogP contribution is -2.27. The first-order valence-corrected chi connectivity index (χ1v) is 5.35. The van der Waals surface area contributed by atoms with Gasteiger partial charge in [-0.15, -0.1) is 0 Å². The Bertz CT molecular complexity index is 418. The number of carbonyl (C=O) groups is 1. The summed E-state index contributed by atoms with van der Waals surface area (Å²) in [6, 6.07) is 5.39. The summed E-state index contributed by atoms with van der Waals surface area (Å²) in [5.41, 5.74) is 0.550. The fraction of sp³-hybridized carbons (Fsp3) is 0.364. The Kier molecular flexibility index (Phi) is 4.45. The summed E-state index contributed by atoms with van der Waals surface area (Å²) in [4.78, 5) is 21.2. The van der Waals surface area contributed by atoms with Crippen molar-refractivity contribution in [1.29, 1.82) is 0 Å². The number of carbonyl (C=O) groups excluding carboxylic acids is 1. The van der Waals surface area contributed by atoms with Gasteiger partial charge in [0.05, 0.1) is 0 Å². The molecule has 0 saturated heterocycles. The van der Waals surface area contributed by atoms with Crippen molar-refractivity contribution in [3.8, 4) is 0 Å². The molecule has 0 amide bonds. The lowest BCUT2D eigenvalue weighted by atomic mass is 10.0. The van der Waals surface area contributed by atoms with Gasteiger partial charge < -0.3 is 4.74 Å². The molecule has 5 nitrogen and oxygen atoms in total. The smallest absolute Gasteiger partial charge is 0.303 e. The molecule has 1 aromatic carbocycles. The number of hydrogen-bond donors (Lipinski definition) is 0. The van der Waals surface area contributed by atoms with Crippen LogP contribution < -0.4 is 0 Å². The Morgan fingerprint density at radius 1 is 1.41 bits per heavy atom. The maximum atomic E-state index is 11.0. The van der Waals surface area contributed by atoms with Crippen LogP contribution in [0.5, 0.6) is 0 Å². The highest BCUT2D eigenvalue weighted by Gasteiger charge is 2.30. The van der Waals surface area contributed by atoms with Crippen molar-refractivity contribution in [2.45, 2.75) is 26.0 Å². The molecule has 2 atom stereocenters. The zero-order valence-corrected chi connectivity index (χ0v) is 10.2. The first-order valence-electron chi connectivity index (χ1n) is 4.98. The van der Waals surface area contributed by atoms with Gasteiger partial charge in [-0.1, -0.05) is 23.7 Å². The largest absolute Gasteiger partial charge is 0.450 e. The number of halogens is 1. The molecule has 92 valence electrons. The molecule has 0 spiro atoms. The van der Waals surface area contributed by atoms with Crippen molar-refractivity contribution in [2.75, 3.05) is 0 Å². The van der Waals surface area contributed by atoms with Gasteiger partial charge in [-0.3, -0.25) is 14.9 Å². The van der Waals surface area contributed by atoms with Gasteiger partial charge >= 0.3 is 5.97 Å². The summed E-state index contributed by atoms with van der Waals surface area (Å²) in [5, 5.41) is 11.3. The van der Waals surface area contributed by atoms with Gasteiger partial charge in [0.2, 0.25) is 0 Å². The normalized spacial score (nSPS) is 13.8. The standard InChI is InChI=1S/C11H12ClNO4/c1-7(13(15)16)11(17-8(2)14)9-3-5-10(12)6-4-9/h3-7,11H,1-2H3. The molecule has 0 aliphatic carbocycles. The second kappa shape index (κ2) is 5.63. The predicted molar refractivity (Wildman–Crippen MR) is 62.4 cm³/mol. The molecule has 0 N–H and O–H groups in total. The van der Waals surface area contributed by atoms with E-state index in [1.165, 1.54) is 13.8 Å². The minimum Gasteiger partial charge on any atom is -0.450 e. The number of esters is 1. The molecule has 0 radical (unpaired) electrons. The van der Waals surface area contributed by atoms with Crippen LogP contribution in [0.3, 0.4) is 0 Å². The molecule has 0 aliphatic rings. The van der Waals surface area contributed by atoms with Gasteiger partial charge in [0.1, 0.15) is 0 Å². The fourth-order valence-electron chi connectivity index (χ4n) is 1.39. The van der Waals surface area contributed by atoms with Crippen LogP contribution >= 0.6 is 11.6 Å². The molecular weight excluding hydrogens is 246 g/mol. The van der Waals surface area contributed by atoms with E-state index in [9.17, 15) is 14.9 Å². The highest BCUT2D eigenvalue weighted by molar-refractivity contribution is 6.30. The summed E-state index contributed by atoms with van der Waals surface area (Å²) in [6.45, 7) is 2.61. The van der Waals surface area contributed by atoms with Gasteiger partial charge in [-0.25, -0.2) is 0 Å². The summed E-state index contributed by atoms with van der Waals surface area (Å²) >= 11 is 5.72. The zero-order valence-electron chi connectivity index (χ0n) is 9.42. The van der Waals surface area contributed by atoms with Crippen LogP contribution in [0.4, 0.5) is 0 Å². The average molecular weight is 258 g/mol. The van der Waals surface area contributed by atoms with Gasteiger partial charge in [-0.05, 0) is 17.7 Å². The Labute approximate surface area is 103 Å². The quantitative estimate of drug-likeness (QED) is 0.472. The van der Waals surface area contributed by atoms with E-state index in [0.717, 1.165) is 0 Å². The molecule has 0 aromatic heterocycles. The number of rotatable bonds is 4. The van der Waals surface area contributed by atoms with E-state index in [2.05, 4.69) is 0 Å². The minimum atomic E-state index is -1.01. The van der Waals surface area contributed by atoms with E-state index in [0.29, 0.717) is 10.6 Å². The van der Waals surface area contributed by atoms with Crippen LogP contribution in [0.2, 0.25) is 5.02 Å². The SMILES string of the molecule is CC(=O)OC(c1ccc(Cl)cc1)C(C)[N+](=O)[O-]. The van der Waals surface area contributed by atoms with Crippen molar-refractivity contribution < 1.29 is 14.5 Å². The van der Waals surface area contributed by atoms with Gasteiger partial charge in [0.25, 0.3) is 6.04 Å². The van der Waals surface area contributed by atoms with Gasteiger partial charge in [0, 0.05) is 23.8 Å². The molecule has 1 aromatic rings. The lowest BCUT2D eigenvalue weighted by molar-refractivity contribution is -0.530. The molecule has 0 saturated carbocycles. The van der Waals surface area contributed by atoms with Crippen LogP contribution in [0.1, 0.15) is 25.5 Å². The fourth-order valence-corrected chi connectivity index (χ4v) is 1.51. The number of ether oxygens (including phenoxy) is 1. The molecule has 1 rings (SSSR count). The number of benzene rings is 1. The monoisotopic (exact) mass is 257 g/mol. The second-order valence-electron chi connectivity index (χ2n) is 3.61. The van der Waals surface area contributed by atoms with Crippen molar-refractivity contribution in [3.63, 3.8) is 0 Å². The summed E-state index contributed by atoms with van der Waals surface area (Å²) in [7, 11) is 0. The third kappa shape index (κ3) is 3.71. The van der Waals surface area contributed by atoms with Gasteiger partial charge in [0.15, 0.2) is 6.10 Å². The highest BCUT2D eigenvalue weighted by Crippen LogP contribution is 2.24. The lowest BCUT2D eigenvalue weighted by Gasteiger charge is -2.18. The van der Waals surface area contributed by atoms with Crippen molar-refractivity contribution in [1.82, 2.24) is 0 Å². The third-order valence-electron chi connectivity index (χ3n) is 2.26. The molecule has 0 heterocycles. The summed E-state index contributed by atoms with van der Waals surface area (Å²) in [5.74, 6) is -0.557. The van der Waals surface area contributed by atoms with Crippen LogP contribution in [0.15, 0.2) is 24.3 Å². The molecule has 0 bridgehead atoms. The molecule has 0 aliphatic heterocycles. The molecule has 2 unspecified atom stereocenters. The maximum Gasteiger partial charge on any atom is 0.303 e. The minimum absolute atomic E-state index is 0.484. The Balaban J connectivity index is 3.01. The Hall–Kier alpha value is -1.62. The summed E-state index contributed by atoms with van der Waals surface area (Å²) < 4.78 is 4.98. The van der Waals surface area contributed by atoms with Crippen LogP contribution in [-0.2, 0) is 9.53 Å². The first-order chi connectivity index (χ1) is 7.91. The van der Waals surface area contributed by atoms with Crippen LogP contribution in [0, 0.1) is 10.1 Å². The van der Waals surface area contributed by atoms with Crippen LogP contribution in [-0.4, -0.2) is 16.9 Å². The van der Waals surface area contributed by atoms with E-state index < -0.39 is 23.0 Å². The highest BCUT2D eigenvalue weighted by atomic mass is 35.5. The zero-order chi connectivity index (χ0) is 13.0. The van der Waals surface area contributed by atoms with E-state index >= 15 is 0 Å². The van der Waals surface area contributed by atoms with Crippen molar-refractivity contribution in [3.05, 3.63) is 45.0 Å². The number of hydrogen-bond acceptors (Lipinski definition) is 4. The first kappa shape index (κ1) is 13.4. The second-order valence-corrected chi connectivity index (χ2v) is 4.04. The maximum absolute atomic E-state index is 11.0. The average Bonchev–Trinajstić information content (AvgIpc) is 2.26. The third-order valence-corrected chi connectivity index (χ3v) is 2.51. The topological polar surface area (TPSA) is 69.4 Å². The van der Waals surface area contributed by atoms with Crippen LogP contribution in [0.25, 0.3) is 0 Å². The number of nitro groups is 1. The Morgan fingerprint density at radius 2 is 1.94 bits per heavy atom. The molecule has 17 heavy (non-hydrogen) atoms. The van der Waals surface area contributed by atoms with Crippen molar-refractivity contribution in [2.24, 2.45) is 0 Å². The number of nitrogens with zero attached hydrogens (tertiary/aromatic N) is 1. The van der Waals surface area contributed by atoms with Gasteiger partial charge in [-0.2, -0.15) is 0 Å². The molecule has 0 fully saturated rings. The van der Waals surface area contributed by atoms with Crippen molar-refractivity contribution >= 4 is 17.6 Å². The Morgan fingerprint density at radius 3 is 2.35 bits per heavy atom. The van der Waals surface area contributed by atoms with E-state index in [1.54, 1.807) is 24.3 Å². The summed E-state index contributed by atoms with van der Waals surface area (Å²) in [6.07, 6.45) is -0.903. The molecular formula is C11H12ClNO4.